The molecule has 0 aromatic heterocycles. The minimum atomic E-state index is -4.85. The van der Waals surface area contributed by atoms with Gasteiger partial charge in [-0.25, -0.2) is 0 Å². The largest absolute Gasteiger partial charge is 0.416 e. The molecule has 4 nitrogen and oxygen atoms in total. The van der Waals surface area contributed by atoms with Crippen LogP contribution in [-0.4, -0.2) is 28.2 Å². The summed E-state index contributed by atoms with van der Waals surface area (Å²) in [5, 5.41) is 25.3. The summed E-state index contributed by atoms with van der Waals surface area (Å²) in [6, 6.07) is 11.0. The van der Waals surface area contributed by atoms with Crippen molar-refractivity contribution in [2.24, 2.45) is 0 Å². The third-order valence-electron chi connectivity index (χ3n) is 8.53. The molecule has 0 bridgehead atoms. The van der Waals surface area contributed by atoms with E-state index in [0.29, 0.717) is 48.5 Å². The minimum Gasteiger partial charge on any atom is -0.378 e. The standard InChI is InChI=1S/C35H26F12O4/c1-29(2)50-27(30(48,19-3-11-23(12-4-19)32(36,37)38)20-5-13-24(14-6-20)33(39,40)41)28(51-29)31(49,21-7-15-25(16-8-21)34(42,43)44)22-9-17-26(18-10-22)35(45,46)47/h3-18,27-28,48-49H,1-2H3/t27-,28-/m1/s1. The number of halogens is 12. The lowest BCUT2D eigenvalue weighted by atomic mass is 9.71. The molecule has 2 N–H and O–H groups in total. The van der Waals surface area contributed by atoms with Gasteiger partial charge in [0.05, 0.1) is 22.3 Å². The van der Waals surface area contributed by atoms with Crippen molar-refractivity contribution in [3.05, 3.63) is 142 Å². The zero-order valence-corrected chi connectivity index (χ0v) is 26.1. The topological polar surface area (TPSA) is 58.9 Å². The fourth-order valence-electron chi connectivity index (χ4n) is 6.02. The van der Waals surface area contributed by atoms with Crippen LogP contribution in [0.1, 0.15) is 58.4 Å². The highest BCUT2D eigenvalue weighted by Crippen LogP contribution is 2.51. The third kappa shape index (κ3) is 7.32. The molecule has 1 aliphatic rings. The lowest BCUT2D eigenvalue weighted by molar-refractivity contribution is -0.172. The molecule has 0 aliphatic carbocycles. The maximum absolute atomic E-state index is 13.5. The summed E-state index contributed by atoms with van der Waals surface area (Å²) in [4.78, 5) is 0. The van der Waals surface area contributed by atoms with Gasteiger partial charge in [-0.15, -0.1) is 0 Å². The molecule has 0 amide bonds. The number of alkyl halides is 12. The molecular weight excluding hydrogens is 712 g/mol. The monoisotopic (exact) mass is 738 g/mol. The lowest BCUT2D eigenvalue weighted by Crippen LogP contribution is -2.55. The van der Waals surface area contributed by atoms with Gasteiger partial charge in [0.25, 0.3) is 0 Å². The summed E-state index contributed by atoms with van der Waals surface area (Å²) in [6.07, 6.45) is -23.4. The zero-order valence-electron chi connectivity index (χ0n) is 26.1. The van der Waals surface area contributed by atoms with E-state index >= 15 is 0 Å². The van der Waals surface area contributed by atoms with Crippen LogP contribution in [0.2, 0.25) is 0 Å². The number of aliphatic hydroxyl groups is 2. The Morgan fingerprint density at radius 1 is 0.373 bits per heavy atom. The molecule has 0 saturated carbocycles. The first-order chi connectivity index (χ1) is 23.3. The van der Waals surface area contributed by atoms with Gasteiger partial charge in [-0.2, -0.15) is 52.7 Å². The molecule has 0 unspecified atom stereocenters. The molecular formula is C35H26F12O4. The van der Waals surface area contributed by atoms with E-state index in [1.165, 1.54) is 13.8 Å². The van der Waals surface area contributed by atoms with E-state index in [1.807, 2.05) is 0 Å². The molecule has 5 rings (SSSR count). The van der Waals surface area contributed by atoms with Gasteiger partial charge >= 0.3 is 24.7 Å². The van der Waals surface area contributed by atoms with Crippen molar-refractivity contribution in [1.82, 2.24) is 0 Å². The molecule has 1 aliphatic heterocycles. The van der Waals surface area contributed by atoms with Gasteiger partial charge < -0.3 is 19.7 Å². The van der Waals surface area contributed by atoms with Crippen molar-refractivity contribution in [2.75, 3.05) is 0 Å². The first kappa shape index (κ1) is 38.1. The van der Waals surface area contributed by atoms with Gasteiger partial charge in [0.15, 0.2) is 5.79 Å². The minimum absolute atomic E-state index is 0.409. The fraction of sp³-hybridized carbons (Fsp3) is 0.314. The molecule has 2 atom stereocenters. The lowest BCUT2D eigenvalue weighted by Gasteiger charge is -2.42. The maximum atomic E-state index is 13.5. The van der Waals surface area contributed by atoms with Crippen LogP contribution in [0.3, 0.4) is 0 Å². The van der Waals surface area contributed by atoms with E-state index in [2.05, 4.69) is 0 Å². The van der Waals surface area contributed by atoms with Crippen molar-refractivity contribution in [3.63, 3.8) is 0 Å². The molecule has 1 fully saturated rings. The second-order valence-electron chi connectivity index (χ2n) is 12.3. The van der Waals surface area contributed by atoms with Gasteiger partial charge in [-0.1, -0.05) is 48.5 Å². The van der Waals surface area contributed by atoms with Gasteiger partial charge in [0.1, 0.15) is 23.4 Å². The van der Waals surface area contributed by atoms with Crippen LogP contribution in [0.15, 0.2) is 97.1 Å². The number of benzene rings is 4. The summed E-state index contributed by atoms with van der Waals surface area (Å²) >= 11 is 0. The summed E-state index contributed by atoms with van der Waals surface area (Å²) in [5.74, 6) is -1.84. The maximum Gasteiger partial charge on any atom is 0.416 e. The van der Waals surface area contributed by atoms with E-state index in [9.17, 15) is 62.9 Å². The number of ether oxygens (including phenoxy) is 2. The molecule has 4 aromatic carbocycles. The molecule has 274 valence electrons. The highest BCUT2D eigenvalue weighted by atomic mass is 19.4. The van der Waals surface area contributed by atoms with Crippen LogP contribution in [0, 0.1) is 0 Å². The Bertz CT molecular complexity index is 1570. The number of rotatable bonds is 6. The third-order valence-corrected chi connectivity index (χ3v) is 8.53. The van der Waals surface area contributed by atoms with E-state index < -0.39 is 98.4 Å². The first-order valence-corrected chi connectivity index (χ1v) is 14.8. The van der Waals surface area contributed by atoms with Gasteiger partial charge in [-0.05, 0) is 84.6 Å². The van der Waals surface area contributed by atoms with E-state index in [1.54, 1.807) is 0 Å². The SMILES string of the molecule is CC1(C)O[C@@H](C(O)(c2ccc(C(F)(F)F)cc2)c2ccc(C(F)(F)F)cc2)[C@H](C(O)(c2ccc(C(F)(F)F)cc2)c2ccc(C(F)(F)F)cc2)O1. The van der Waals surface area contributed by atoms with Crippen molar-refractivity contribution < 1.29 is 72.4 Å². The van der Waals surface area contributed by atoms with Gasteiger partial charge in [-0.3, -0.25) is 0 Å². The van der Waals surface area contributed by atoms with Crippen LogP contribution in [0.25, 0.3) is 0 Å². The van der Waals surface area contributed by atoms with Crippen molar-refractivity contribution in [3.8, 4) is 0 Å². The second-order valence-corrected chi connectivity index (χ2v) is 12.3. The average Bonchev–Trinajstić information content (AvgIpc) is 3.38. The predicted octanol–water partition coefficient (Wildman–Crippen LogP) is 9.45. The second kappa shape index (κ2) is 12.5. The van der Waals surface area contributed by atoms with Crippen LogP contribution in [0.4, 0.5) is 52.7 Å². The summed E-state index contributed by atoms with van der Waals surface area (Å²) in [5.41, 5.74) is -11.9. The van der Waals surface area contributed by atoms with Gasteiger partial charge in [0, 0.05) is 0 Å². The fourth-order valence-corrected chi connectivity index (χ4v) is 6.02. The molecule has 16 heteroatoms. The van der Waals surface area contributed by atoms with E-state index in [4.69, 9.17) is 9.47 Å². The molecule has 4 aromatic rings. The predicted molar refractivity (Wildman–Crippen MR) is 156 cm³/mol. The van der Waals surface area contributed by atoms with Crippen molar-refractivity contribution in [1.29, 1.82) is 0 Å². The molecule has 1 heterocycles. The van der Waals surface area contributed by atoms with Gasteiger partial charge in [0.2, 0.25) is 0 Å². The highest BCUT2D eigenvalue weighted by Gasteiger charge is 2.61. The smallest absolute Gasteiger partial charge is 0.378 e. The van der Waals surface area contributed by atoms with E-state index in [0.717, 1.165) is 48.5 Å². The Morgan fingerprint density at radius 2 is 0.529 bits per heavy atom. The Balaban J connectivity index is 1.78. The van der Waals surface area contributed by atoms with Crippen molar-refractivity contribution >= 4 is 0 Å². The van der Waals surface area contributed by atoms with Crippen LogP contribution in [0.5, 0.6) is 0 Å². The summed E-state index contributed by atoms with van der Waals surface area (Å²) in [7, 11) is 0. The normalized spacial score (nSPS) is 19.0. The quantitative estimate of drug-likeness (QED) is 0.194. The Kier molecular flexibility index (Phi) is 9.37. The van der Waals surface area contributed by atoms with Crippen LogP contribution in [-0.2, 0) is 45.4 Å². The average molecular weight is 739 g/mol. The van der Waals surface area contributed by atoms with E-state index in [-0.39, 0.29) is 0 Å². The zero-order chi connectivity index (χ0) is 38.0. The summed E-state index contributed by atoms with van der Waals surface area (Å²) in [6.45, 7) is 2.53. The Labute approximate surface area is 281 Å². The molecule has 51 heavy (non-hydrogen) atoms. The molecule has 1 saturated heterocycles. The Hall–Kier alpha value is -4.12. The Morgan fingerprint density at radius 3 is 0.686 bits per heavy atom. The first-order valence-electron chi connectivity index (χ1n) is 14.8. The summed E-state index contributed by atoms with van der Waals surface area (Å²) < 4.78 is 174. The van der Waals surface area contributed by atoms with Crippen LogP contribution < -0.4 is 0 Å². The number of hydrogen-bond donors (Lipinski definition) is 2. The number of hydrogen-bond acceptors (Lipinski definition) is 4. The molecule has 0 spiro atoms. The molecule has 0 radical (unpaired) electrons. The van der Waals surface area contributed by atoms with Crippen LogP contribution >= 0.6 is 0 Å². The highest BCUT2D eigenvalue weighted by molar-refractivity contribution is 5.46. The van der Waals surface area contributed by atoms with Crippen molar-refractivity contribution in [2.45, 2.75) is 67.7 Å².